The largest absolute Gasteiger partial charge is 0.481 e. The fraction of sp³-hybridized carbons (Fsp3) is 0.500. The minimum Gasteiger partial charge on any atom is -0.481 e. The molecular weight excluding hydrogens is 468 g/mol. The second kappa shape index (κ2) is 13.9. The van der Waals surface area contributed by atoms with Gasteiger partial charge < -0.3 is 21.3 Å². The van der Waals surface area contributed by atoms with E-state index in [0.29, 0.717) is 35.2 Å². The number of carboxylic acids is 1. The molecule has 7 heteroatoms. The molecular formula is C30H40N2O5. The average molecular weight is 509 g/mol. The summed E-state index contributed by atoms with van der Waals surface area (Å²) in [7, 11) is 0. The van der Waals surface area contributed by atoms with E-state index in [2.05, 4.69) is 5.32 Å². The molecule has 1 atom stereocenters. The minimum atomic E-state index is -0.904. The number of aliphatic hydroxyl groups is 1. The number of benzene rings is 2. The minimum absolute atomic E-state index is 0.0398. The molecule has 0 bridgehead atoms. The average Bonchev–Trinajstić information content (AvgIpc) is 2.89. The van der Waals surface area contributed by atoms with Crippen molar-refractivity contribution in [3.8, 4) is 11.1 Å². The normalized spacial score (nSPS) is 14.8. The van der Waals surface area contributed by atoms with Crippen molar-refractivity contribution < 1.29 is 24.6 Å². The Hall–Kier alpha value is -3.19. The van der Waals surface area contributed by atoms with E-state index in [4.69, 9.17) is 10.8 Å². The zero-order chi connectivity index (χ0) is 26.8. The van der Waals surface area contributed by atoms with Crippen molar-refractivity contribution in [2.75, 3.05) is 13.2 Å². The lowest BCUT2D eigenvalue weighted by Crippen LogP contribution is -2.32. The molecule has 1 unspecified atom stereocenters. The van der Waals surface area contributed by atoms with Crippen LogP contribution in [0.5, 0.6) is 0 Å². The number of amides is 2. The van der Waals surface area contributed by atoms with Gasteiger partial charge in [0.2, 0.25) is 11.8 Å². The number of hydrogen-bond donors (Lipinski definition) is 4. The maximum Gasteiger partial charge on any atom is 0.303 e. The van der Waals surface area contributed by atoms with Gasteiger partial charge in [-0.05, 0) is 59.6 Å². The summed E-state index contributed by atoms with van der Waals surface area (Å²) < 4.78 is 0. The van der Waals surface area contributed by atoms with Gasteiger partial charge in [0, 0.05) is 18.5 Å². The van der Waals surface area contributed by atoms with Crippen molar-refractivity contribution in [3.05, 3.63) is 58.7 Å². The molecule has 1 saturated carbocycles. The summed E-state index contributed by atoms with van der Waals surface area (Å²) in [5.74, 6) is -1.79. The Balaban J connectivity index is 1.83. The van der Waals surface area contributed by atoms with Crippen LogP contribution in [0, 0.1) is 12.8 Å². The lowest BCUT2D eigenvalue weighted by Gasteiger charge is -2.23. The molecule has 3 rings (SSSR count). The van der Waals surface area contributed by atoms with Crippen molar-refractivity contribution in [1.29, 1.82) is 0 Å². The topological polar surface area (TPSA) is 130 Å². The van der Waals surface area contributed by atoms with Crippen LogP contribution in [-0.4, -0.2) is 41.1 Å². The summed E-state index contributed by atoms with van der Waals surface area (Å²) in [5, 5.41) is 22.4. The van der Waals surface area contributed by atoms with Gasteiger partial charge in [0.25, 0.3) is 0 Å². The maximum atomic E-state index is 13.2. The molecule has 1 aliphatic carbocycles. The Kier molecular flexibility index (Phi) is 10.7. The SMILES string of the molecule is Cc1c(CCC(=O)O)ccc(C(CO)C(=O)NCCCCC2CCCCC2)c1-c1ccccc1C(N)=O. The van der Waals surface area contributed by atoms with Crippen molar-refractivity contribution in [1.82, 2.24) is 5.32 Å². The number of nitrogens with one attached hydrogen (secondary N) is 1. The molecule has 0 heterocycles. The molecule has 1 aliphatic rings. The zero-order valence-electron chi connectivity index (χ0n) is 21.8. The van der Waals surface area contributed by atoms with Crippen LogP contribution in [0.3, 0.4) is 0 Å². The van der Waals surface area contributed by atoms with Crippen LogP contribution in [0.2, 0.25) is 0 Å². The van der Waals surface area contributed by atoms with Gasteiger partial charge in [-0.15, -0.1) is 0 Å². The number of nitrogens with two attached hydrogens (primary N) is 1. The molecule has 2 amide bonds. The molecule has 37 heavy (non-hydrogen) atoms. The number of primary amides is 1. The second-order valence-electron chi connectivity index (χ2n) is 10.1. The van der Waals surface area contributed by atoms with Gasteiger partial charge in [-0.1, -0.05) is 75.3 Å². The number of aliphatic carboxylic acids is 1. The first-order valence-corrected chi connectivity index (χ1v) is 13.4. The number of carbonyl (C=O) groups excluding carboxylic acids is 2. The molecule has 2 aromatic rings. The quantitative estimate of drug-likeness (QED) is 0.291. The number of aliphatic hydroxyl groups excluding tert-OH is 1. The predicted octanol–water partition coefficient (Wildman–Crippen LogP) is 4.72. The number of unbranched alkanes of at least 4 members (excludes halogenated alkanes) is 1. The summed E-state index contributed by atoms with van der Waals surface area (Å²) in [6, 6.07) is 10.5. The fourth-order valence-electron chi connectivity index (χ4n) is 5.54. The molecule has 1 fully saturated rings. The molecule has 5 N–H and O–H groups in total. The highest BCUT2D eigenvalue weighted by Crippen LogP contribution is 2.37. The van der Waals surface area contributed by atoms with Crippen molar-refractivity contribution in [2.24, 2.45) is 11.7 Å². The highest BCUT2D eigenvalue weighted by molar-refractivity contribution is 6.01. The van der Waals surface area contributed by atoms with Gasteiger partial charge in [0.1, 0.15) is 0 Å². The third-order valence-corrected chi connectivity index (χ3v) is 7.62. The van der Waals surface area contributed by atoms with E-state index < -0.39 is 24.4 Å². The van der Waals surface area contributed by atoms with E-state index in [-0.39, 0.29) is 12.3 Å². The highest BCUT2D eigenvalue weighted by Gasteiger charge is 2.26. The summed E-state index contributed by atoms with van der Waals surface area (Å²) >= 11 is 0. The van der Waals surface area contributed by atoms with E-state index in [1.165, 1.54) is 38.5 Å². The van der Waals surface area contributed by atoms with Crippen LogP contribution in [0.25, 0.3) is 11.1 Å². The highest BCUT2D eigenvalue weighted by atomic mass is 16.4. The van der Waals surface area contributed by atoms with Gasteiger partial charge >= 0.3 is 5.97 Å². The first kappa shape index (κ1) is 28.4. The number of hydrogen-bond acceptors (Lipinski definition) is 4. The van der Waals surface area contributed by atoms with Crippen molar-refractivity contribution >= 4 is 17.8 Å². The molecule has 2 aromatic carbocycles. The van der Waals surface area contributed by atoms with E-state index in [1.54, 1.807) is 30.3 Å². The van der Waals surface area contributed by atoms with E-state index in [9.17, 15) is 19.5 Å². The lowest BCUT2D eigenvalue weighted by atomic mass is 9.83. The fourth-order valence-corrected chi connectivity index (χ4v) is 5.54. The Bertz CT molecular complexity index is 1090. The first-order chi connectivity index (χ1) is 17.8. The molecule has 0 saturated heterocycles. The summed E-state index contributed by atoms with van der Waals surface area (Å²) in [5.41, 5.74) is 9.34. The third kappa shape index (κ3) is 7.65. The van der Waals surface area contributed by atoms with Gasteiger partial charge in [-0.25, -0.2) is 0 Å². The van der Waals surface area contributed by atoms with Gasteiger partial charge in [-0.2, -0.15) is 0 Å². The molecule has 7 nitrogen and oxygen atoms in total. The van der Waals surface area contributed by atoms with Crippen LogP contribution in [0.15, 0.2) is 36.4 Å². The monoisotopic (exact) mass is 508 g/mol. The van der Waals surface area contributed by atoms with Gasteiger partial charge in [0.15, 0.2) is 0 Å². The van der Waals surface area contributed by atoms with E-state index in [0.717, 1.165) is 29.9 Å². The Morgan fingerprint density at radius 1 is 1.05 bits per heavy atom. The van der Waals surface area contributed by atoms with Crippen LogP contribution in [0.1, 0.15) is 90.8 Å². The number of carboxylic acid groups (broad SMARTS) is 1. The van der Waals surface area contributed by atoms with Gasteiger partial charge in [-0.3, -0.25) is 14.4 Å². The predicted molar refractivity (Wildman–Crippen MR) is 144 cm³/mol. The summed E-state index contributed by atoms with van der Waals surface area (Å²) in [4.78, 5) is 36.6. The zero-order valence-corrected chi connectivity index (χ0v) is 21.8. The molecule has 200 valence electrons. The lowest BCUT2D eigenvalue weighted by molar-refractivity contribution is -0.137. The van der Waals surface area contributed by atoms with Crippen molar-refractivity contribution in [2.45, 2.75) is 77.0 Å². The molecule has 0 spiro atoms. The standard InChI is InChI=1S/C30H40N2O5/c1-20-22(15-17-27(34)35)14-16-24(28(20)23-12-5-6-13-25(23)29(31)36)26(19-33)30(37)32-18-8-7-11-21-9-3-2-4-10-21/h5-6,12-14,16,21,26,33H,2-4,7-11,15,17-19H2,1H3,(H2,31,36)(H,32,37)(H,34,35). The Morgan fingerprint density at radius 3 is 2.46 bits per heavy atom. The van der Waals surface area contributed by atoms with Crippen molar-refractivity contribution in [3.63, 3.8) is 0 Å². The first-order valence-electron chi connectivity index (χ1n) is 13.4. The molecule has 0 aromatic heterocycles. The smallest absolute Gasteiger partial charge is 0.303 e. The number of carbonyl (C=O) groups is 3. The Morgan fingerprint density at radius 2 is 1.78 bits per heavy atom. The summed E-state index contributed by atoms with van der Waals surface area (Å²) in [6.07, 6.45) is 10.1. The van der Waals surface area contributed by atoms with E-state index in [1.807, 2.05) is 13.0 Å². The van der Waals surface area contributed by atoms with Crippen LogP contribution >= 0.6 is 0 Å². The molecule has 0 aliphatic heterocycles. The van der Waals surface area contributed by atoms with E-state index >= 15 is 0 Å². The summed E-state index contributed by atoms with van der Waals surface area (Å²) in [6.45, 7) is 2.00. The second-order valence-corrected chi connectivity index (χ2v) is 10.1. The number of rotatable bonds is 13. The van der Waals surface area contributed by atoms with Crippen LogP contribution in [0.4, 0.5) is 0 Å². The third-order valence-electron chi connectivity index (χ3n) is 7.62. The van der Waals surface area contributed by atoms with Crippen LogP contribution in [-0.2, 0) is 16.0 Å². The molecule has 0 radical (unpaired) electrons. The number of aryl methyl sites for hydroxylation is 1. The van der Waals surface area contributed by atoms with Crippen LogP contribution < -0.4 is 11.1 Å². The maximum absolute atomic E-state index is 13.2. The Labute approximate surface area is 219 Å². The van der Waals surface area contributed by atoms with Gasteiger partial charge in [0.05, 0.1) is 12.5 Å².